The van der Waals surface area contributed by atoms with Crippen molar-refractivity contribution in [1.29, 1.82) is 0 Å². The monoisotopic (exact) mass is 382 g/mol. The molecule has 0 spiro atoms. The fraction of sp³-hybridized carbons (Fsp3) is 0.318. The van der Waals surface area contributed by atoms with Crippen molar-refractivity contribution in [3.8, 4) is 0 Å². The fourth-order valence-electron chi connectivity index (χ4n) is 2.89. The lowest BCUT2D eigenvalue weighted by atomic mass is 9.86. The van der Waals surface area contributed by atoms with E-state index < -0.39 is 17.8 Å². The van der Waals surface area contributed by atoms with E-state index in [1.165, 1.54) is 6.92 Å². The van der Waals surface area contributed by atoms with Crippen molar-refractivity contribution in [2.45, 2.75) is 33.1 Å². The molecule has 0 saturated carbocycles. The van der Waals surface area contributed by atoms with Crippen LogP contribution in [0, 0.1) is 5.92 Å². The van der Waals surface area contributed by atoms with E-state index in [4.69, 9.17) is 4.74 Å². The minimum Gasteiger partial charge on any atom is -0.455 e. The second-order valence-electron chi connectivity index (χ2n) is 6.69. The molecule has 2 rings (SSSR count). The van der Waals surface area contributed by atoms with Crippen LogP contribution in [0.15, 0.2) is 54.6 Å². The van der Waals surface area contributed by atoms with Gasteiger partial charge in [-0.05, 0) is 29.7 Å². The standard InChI is InChI=1S/C22H26N2O4/c1-4-15(2)21(17-9-6-5-7-10-17)22(27)28-14-20(26)24-19-12-8-11-18(13-19)23-16(3)25/h5-13,15,21H,4,14H2,1-3H3,(H,23,25)(H,24,26)/t15-,21-/m1/s1. The van der Waals surface area contributed by atoms with E-state index in [9.17, 15) is 14.4 Å². The maximum atomic E-state index is 12.6. The zero-order valence-corrected chi connectivity index (χ0v) is 16.4. The van der Waals surface area contributed by atoms with E-state index in [0.717, 1.165) is 12.0 Å². The first-order chi connectivity index (χ1) is 13.4. The average molecular weight is 382 g/mol. The van der Waals surface area contributed by atoms with Crippen LogP contribution < -0.4 is 10.6 Å². The van der Waals surface area contributed by atoms with Crippen molar-refractivity contribution in [1.82, 2.24) is 0 Å². The number of anilines is 2. The molecule has 148 valence electrons. The Morgan fingerprint density at radius 1 is 0.964 bits per heavy atom. The van der Waals surface area contributed by atoms with Crippen molar-refractivity contribution in [3.63, 3.8) is 0 Å². The third-order valence-electron chi connectivity index (χ3n) is 4.44. The number of nitrogens with one attached hydrogen (secondary N) is 2. The van der Waals surface area contributed by atoms with Gasteiger partial charge in [-0.2, -0.15) is 0 Å². The summed E-state index contributed by atoms with van der Waals surface area (Å²) in [6, 6.07) is 16.2. The summed E-state index contributed by atoms with van der Waals surface area (Å²) >= 11 is 0. The van der Waals surface area contributed by atoms with Crippen LogP contribution in [0.1, 0.15) is 38.7 Å². The molecule has 0 aliphatic heterocycles. The Hall–Kier alpha value is -3.15. The quantitative estimate of drug-likeness (QED) is 0.677. The summed E-state index contributed by atoms with van der Waals surface area (Å²) in [5.41, 5.74) is 1.96. The molecule has 0 aliphatic rings. The van der Waals surface area contributed by atoms with E-state index in [1.807, 2.05) is 44.2 Å². The molecule has 0 aromatic heterocycles. The maximum Gasteiger partial charge on any atom is 0.314 e. The average Bonchev–Trinajstić information content (AvgIpc) is 2.67. The van der Waals surface area contributed by atoms with Crippen LogP contribution >= 0.6 is 0 Å². The Bertz CT molecular complexity index is 820. The molecule has 2 N–H and O–H groups in total. The van der Waals surface area contributed by atoms with Crippen LogP contribution in [0.3, 0.4) is 0 Å². The highest BCUT2D eigenvalue weighted by atomic mass is 16.5. The highest BCUT2D eigenvalue weighted by Crippen LogP contribution is 2.28. The molecule has 0 bridgehead atoms. The first-order valence-corrected chi connectivity index (χ1v) is 9.29. The number of amides is 2. The topological polar surface area (TPSA) is 84.5 Å². The summed E-state index contributed by atoms with van der Waals surface area (Å²) in [4.78, 5) is 35.9. The highest BCUT2D eigenvalue weighted by Gasteiger charge is 2.27. The number of carbonyl (C=O) groups is 3. The van der Waals surface area contributed by atoms with Gasteiger partial charge in [-0.15, -0.1) is 0 Å². The molecule has 0 aliphatic carbocycles. The largest absolute Gasteiger partial charge is 0.455 e. The van der Waals surface area contributed by atoms with Crippen LogP contribution in [0.4, 0.5) is 11.4 Å². The molecule has 6 nitrogen and oxygen atoms in total. The third-order valence-corrected chi connectivity index (χ3v) is 4.44. The first kappa shape index (κ1) is 21.2. The summed E-state index contributed by atoms with van der Waals surface area (Å²) in [5, 5.41) is 5.31. The van der Waals surface area contributed by atoms with Gasteiger partial charge in [0.1, 0.15) is 0 Å². The van der Waals surface area contributed by atoms with E-state index in [2.05, 4.69) is 10.6 Å². The molecule has 28 heavy (non-hydrogen) atoms. The summed E-state index contributed by atoms with van der Waals surface area (Å²) in [6.07, 6.45) is 0.816. The Labute approximate surface area is 165 Å². The molecule has 2 amide bonds. The second-order valence-corrected chi connectivity index (χ2v) is 6.69. The third kappa shape index (κ3) is 6.23. The van der Waals surface area contributed by atoms with Gasteiger partial charge < -0.3 is 15.4 Å². The SMILES string of the molecule is CC[C@@H](C)[C@@H](C(=O)OCC(=O)Nc1cccc(NC(C)=O)c1)c1ccccc1. The van der Waals surface area contributed by atoms with Gasteiger partial charge in [0.15, 0.2) is 6.61 Å². The fourth-order valence-corrected chi connectivity index (χ4v) is 2.89. The molecule has 6 heteroatoms. The van der Waals surface area contributed by atoms with Crippen LogP contribution in [0.2, 0.25) is 0 Å². The number of hydrogen-bond donors (Lipinski definition) is 2. The zero-order chi connectivity index (χ0) is 20.5. The minimum absolute atomic E-state index is 0.0901. The van der Waals surface area contributed by atoms with Crippen LogP contribution in [-0.2, 0) is 19.1 Å². The maximum absolute atomic E-state index is 12.6. The summed E-state index contributed by atoms with van der Waals surface area (Å²) in [7, 11) is 0. The predicted molar refractivity (Wildman–Crippen MR) is 109 cm³/mol. The molecule has 0 fully saturated rings. The van der Waals surface area contributed by atoms with E-state index in [1.54, 1.807) is 24.3 Å². The number of hydrogen-bond acceptors (Lipinski definition) is 4. The van der Waals surface area contributed by atoms with Crippen molar-refractivity contribution < 1.29 is 19.1 Å². The molecule has 0 heterocycles. The zero-order valence-electron chi connectivity index (χ0n) is 16.4. The van der Waals surface area contributed by atoms with Gasteiger partial charge in [0.2, 0.25) is 5.91 Å². The van der Waals surface area contributed by atoms with E-state index >= 15 is 0 Å². The van der Waals surface area contributed by atoms with Gasteiger partial charge in [0.25, 0.3) is 5.91 Å². The van der Waals surface area contributed by atoms with E-state index in [0.29, 0.717) is 11.4 Å². The van der Waals surface area contributed by atoms with Crippen molar-refractivity contribution in [3.05, 3.63) is 60.2 Å². The summed E-state index contributed by atoms with van der Waals surface area (Å²) < 4.78 is 5.29. The number of carbonyl (C=O) groups excluding carboxylic acids is 3. The second kappa shape index (κ2) is 10.3. The van der Waals surface area contributed by atoms with Gasteiger partial charge in [-0.1, -0.05) is 56.7 Å². The van der Waals surface area contributed by atoms with Gasteiger partial charge in [-0.25, -0.2) is 0 Å². The van der Waals surface area contributed by atoms with Crippen LogP contribution in [-0.4, -0.2) is 24.4 Å². The lowest BCUT2D eigenvalue weighted by molar-refractivity contribution is -0.150. The predicted octanol–water partition coefficient (Wildman–Crippen LogP) is 3.96. The Morgan fingerprint density at radius 2 is 1.61 bits per heavy atom. The lowest BCUT2D eigenvalue weighted by Crippen LogP contribution is -2.27. The van der Waals surface area contributed by atoms with Gasteiger partial charge >= 0.3 is 5.97 Å². The molecular weight excluding hydrogens is 356 g/mol. The Kier molecular flexibility index (Phi) is 7.75. The highest BCUT2D eigenvalue weighted by molar-refractivity contribution is 5.95. The molecule has 0 saturated heterocycles. The van der Waals surface area contributed by atoms with E-state index in [-0.39, 0.29) is 18.4 Å². The minimum atomic E-state index is -0.440. The Balaban J connectivity index is 1.97. The lowest BCUT2D eigenvalue weighted by Gasteiger charge is -2.21. The Morgan fingerprint density at radius 3 is 2.21 bits per heavy atom. The normalized spacial score (nSPS) is 12.5. The van der Waals surface area contributed by atoms with Gasteiger partial charge in [0, 0.05) is 18.3 Å². The smallest absolute Gasteiger partial charge is 0.314 e. The van der Waals surface area contributed by atoms with Crippen molar-refractivity contribution >= 4 is 29.2 Å². The number of benzene rings is 2. The van der Waals surface area contributed by atoms with Crippen LogP contribution in [0.5, 0.6) is 0 Å². The molecular formula is C22H26N2O4. The number of esters is 1. The van der Waals surface area contributed by atoms with Crippen LogP contribution in [0.25, 0.3) is 0 Å². The molecule has 2 aromatic carbocycles. The van der Waals surface area contributed by atoms with Crippen molar-refractivity contribution in [2.75, 3.05) is 17.2 Å². The number of ether oxygens (including phenoxy) is 1. The number of rotatable bonds is 8. The van der Waals surface area contributed by atoms with Crippen molar-refractivity contribution in [2.24, 2.45) is 5.92 Å². The first-order valence-electron chi connectivity index (χ1n) is 9.29. The molecule has 2 aromatic rings. The van der Waals surface area contributed by atoms with Gasteiger partial charge in [0.05, 0.1) is 5.92 Å². The molecule has 2 atom stereocenters. The molecule has 0 unspecified atom stereocenters. The summed E-state index contributed by atoms with van der Waals surface area (Å²) in [6.45, 7) is 5.04. The van der Waals surface area contributed by atoms with Gasteiger partial charge in [-0.3, -0.25) is 14.4 Å². The molecule has 0 radical (unpaired) electrons. The summed E-state index contributed by atoms with van der Waals surface area (Å²) in [5.74, 6) is -1.38.